The number of hydrogen-bond acceptors (Lipinski definition) is 2. The van der Waals surface area contributed by atoms with E-state index in [4.69, 9.17) is 0 Å². The molecule has 0 unspecified atom stereocenters. The number of amides is 1. The number of hydrogen-bond donors (Lipinski definition) is 1. The second-order valence-corrected chi connectivity index (χ2v) is 6.13. The van der Waals surface area contributed by atoms with Gasteiger partial charge in [0.1, 0.15) is 11.5 Å². The molecule has 1 aliphatic heterocycles. The average Bonchev–Trinajstić information content (AvgIpc) is 2.89. The third-order valence-corrected chi connectivity index (χ3v) is 3.89. The van der Waals surface area contributed by atoms with E-state index in [1.54, 1.807) is 0 Å². The first kappa shape index (κ1) is 15.2. The van der Waals surface area contributed by atoms with Crippen LogP contribution >= 0.6 is 0 Å². The SMILES string of the molecule is Cc1cccc(C2=N/C(=C/c3ccc(C(C)C)cc3)C(=O)N2)c1. The summed E-state index contributed by atoms with van der Waals surface area (Å²) in [6.45, 7) is 6.35. The van der Waals surface area contributed by atoms with Crippen LogP contribution in [0.15, 0.2) is 59.2 Å². The maximum Gasteiger partial charge on any atom is 0.275 e. The van der Waals surface area contributed by atoms with Crippen molar-refractivity contribution in [3.8, 4) is 0 Å². The van der Waals surface area contributed by atoms with Gasteiger partial charge in [0.05, 0.1) is 0 Å². The van der Waals surface area contributed by atoms with Gasteiger partial charge in [-0.1, -0.05) is 61.9 Å². The molecule has 116 valence electrons. The largest absolute Gasteiger partial charge is 0.305 e. The molecule has 2 aromatic carbocycles. The van der Waals surface area contributed by atoms with Crippen molar-refractivity contribution in [3.63, 3.8) is 0 Å². The van der Waals surface area contributed by atoms with E-state index in [1.165, 1.54) is 5.56 Å². The summed E-state index contributed by atoms with van der Waals surface area (Å²) < 4.78 is 0. The number of benzene rings is 2. The Bertz CT molecular complexity index is 799. The van der Waals surface area contributed by atoms with Crippen molar-refractivity contribution in [3.05, 3.63) is 76.5 Å². The maximum absolute atomic E-state index is 12.1. The topological polar surface area (TPSA) is 41.5 Å². The second kappa shape index (κ2) is 6.21. The summed E-state index contributed by atoms with van der Waals surface area (Å²) in [5, 5.41) is 2.84. The highest BCUT2D eigenvalue weighted by atomic mass is 16.2. The molecule has 3 rings (SSSR count). The molecule has 0 aliphatic carbocycles. The molecule has 0 bridgehead atoms. The number of carbonyl (C=O) groups is 1. The number of amidine groups is 1. The van der Waals surface area contributed by atoms with Crippen LogP contribution in [0.1, 0.15) is 42.0 Å². The fourth-order valence-corrected chi connectivity index (χ4v) is 2.53. The number of nitrogens with one attached hydrogen (secondary N) is 1. The highest BCUT2D eigenvalue weighted by Gasteiger charge is 2.21. The Morgan fingerprint density at radius 1 is 1.09 bits per heavy atom. The van der Waals surface area contributed by atoms with Gasteiger partial charge in [-0.05, 0) is 36.1 Å². The zero-order chi connectivity index (χ0) is 16.4. The molecule has 1 aliphatic rings. The van der Waals surface area contributed by atoms with Crippen molar-refractivity contribution >= 4 is 17.8 Å². The molecule has 23 heavy (non-hydrogen) atoms. The highest BCUT2D eigenvalue weighted by molar-refractivity contribution is 6.19. The molecule has 3 nitrogen and oxygen atoms in total. The zero-order valence-electron chi connectivity index (χ0n) is 13.6. The van der Waals surface area contributed by atoms with Crippen molar-refractivity contribution in [2.45, 2.75) is 26.7 Å². The normalized spacial score (nSPS) is 15.9. The third-order valence-electron chi connectivity index (χ3n) is 3.89. The Morgan fingerprint density at radius 2 is 1.83 bits per heavy atom. The van der Waals surface area contributed by atoms with Crippen LogP contribution in [0.25, 0.3) is 6.08 Å². The number of nitrogens with zero attached hydrogens (tertiary/aromatic N) is 1. The van der Waals surface area contributed by atoms with Crippen LogP contribution in [0.2, 0.25) is 0 Å². The summed E-state index contributed by atoms with van der Waals surface area (Å²) in [6.07, 6.45) is 1.82. The molecule has 0 saturated carbocycles. The van der Waals surface area contributed by atoms with E-state index < -0.39 is 0 Å². The molecule has 0 spiro atoms. The minimum absolute atomic E-state index is 0.158. The van der Waals surface area contributed by atoms with Crippen LogP contribution < -0.4 is 5.32 Å². The Morgan fingerprint density at radius 3 is 2.48 bits per heavy atom. The first-order valence-corrected chi connectivity index (χ1v) is 7.81. The van der Waals surface area contributed by atoms with Gasteiger partial charge in [-0.2, -0.15) is 0 Å². The Labute approximate surface area is 136 Å². The summed E-state index contributed by atoms with van der Waals surface area (Å²) in [6, 6.07) is 16.2. The first-order valence-electron chi connectivity index (χ1n) is 7.81. The van der Waals surface area contributed by atoms with Crippen molar-refractivity contribution in [2.75, 3.05) is 0 Å². The van der Waals surface area contributed by atoms with Gasteiger partial charge in [-0.25, -0.2) is 4.99 Å². The van der Waals surface area contributed by atoms with Gasteiger partial charge in [-0.3, -0.25) is 4.79 Å². The standard InChI is InChI=1S/C20H20N2O/c1-13(2)16-9-7-15(8-10-16)12-18-20(23)22-19(21-18)17-6-4-5-14(3)11-17/h4-13H,1-3H3,(H,21,22,23)/b18-12+. The lowest BCUT2D eigenvalue weighted by molar-refractivity contribution is -0.115. The summed E-state index contributed by atoms with van der Waals surface area (Å²) >= 11 is 0. The lowest BCUT2D eigenvalue weighted by atomic mass is 10.0. The van der Waals surface area contributed by atoms with Crippen LogP contribution in [-0.4, -0.2) is 11.7 Å². The first-order chi connectivity index (χ1) is 11.0. The summed E-state index contributed by atoms with van der Waals surface area (Å²) in [5.74, 6) is 0.954. The molecule has 2 aromatic rings. The molecule has 0 atom stereocenters. The van der Waals surface area contributed by atoms with E-state index in [2.05, 4.69) is 36.3 Å². The summed E-state index contributed by atoms with van der Waals surface area (Å²) in [7, 11) is 0. The molecular weight excluding hydrogens is 284 g/mol. The molecular formula is C20H20N2O. The van der Waals surface area contributed by atoms with E-state index in [0.717, 1.165) is 16.7 Å². The Kier molecular flexibility index (Phi) is 4.11. The zero-order valence-corrected chi connectivity index (χ0v) is 13.6. The van der Waals surface area contributed by atoms with Gasteiger partial charge < -0.3 is 5.32 Å². The minimum atomic E-state index is -0.158. The van der Waals surface area contributed by atoms with Gasteiger partial charge >= 0.3 is 0 Å². The van der Waals surface area contributed by atoms with Crippen LogP contribution in [0.4, 0.5) is 0 Å². The molecule has 1 heterocycles. The van der Waals surface area contributed by atoms with Crippen LogP contribution in [-0.2, 0) is 4.79 Å². The maximum atomic E-state index is 12.1. The molecule has 0 radical (unpaired) electrons. The van der Waals surface area contributed by atoms with Crippen molar-refractivity contribution in [2.24, 2.45) is 4.99 Å². The molecule has 3 heteroatoms. The smallest absolute Gasteiger partial charge is 0.275 e. The minimum Gasteiger partial charge on any atom is -0.305 e. The van der Waals surface area contributed by atoms with Gasteiger partial charge in [0.2, 0.25) is 0 Å². The Balaban J connectivity index is 1.88. The van der Waals surface area contributed by atoms with Crippen molar-refractivity contribution < 1.29 is 4.79 Å². The predicted octanol–water partition coefficient (Wildman–Crippen LogP) is 4.04. The van der Waals surface area contributed by atoms with Crippen LogP contribution in [0.5, 0.6) is 0 Å². The lowest BCUT2D eigenvalue weighted by Crippen LogP contribution is -2.24. The van der Waals surface area contributed by atoms with E-state index >= 15 is 0 Å². The van der Waals surface area contributed by atoms with E-state index in [0.29, 0.717) is 17.5 Å². The predicted molar refractivity (Wildman–Crippen MR) is 94.4 cm³/mol. The van der Waals surface area contributed by atoms with E-state index in [-0.39, 0.29) is 5.91 Å². The number of aliphatic imine (C=N–C) groups is 1. The molecule has 0 fully saturated rings. The third kappa shape index (κ3) is 3.39. The summed E-state index contributed by atoms with van der Waals surface area (Å²) in [4.78, 5) is 16.6. The number of carbonyl (C=O) groups excluding carboxylic acids is 1. The number of rotatable bonds is 3. The molecule has 0 saturated heterocycles. The van der Waals surface area contributed by atoms with E-state index in [1.807, 2.05) is 49.4 Å². The Hall–Kier alpha value is -2.68. The van der Waals surface area contributed by atoms with Crippen LogP contribution in [0.3, 0.4) is 0 Å². The van der Waals surface area contributed by atoms with Crippen molar-refractivity contribution in [1.29, 1.82) is 0 Å². The van der Waals surface area contributed by atoms with Gasteiger partial charge in [-0.15, -0.1) is 0 Å². The fraction of sp³-hybridized carbons (Fsp3) is 0.200. The fourth-order valence-electron chi connectivity index (χ4n) is 2.53. The summed E-state index contributed by atoms with van der Waals surface area (Å²) in [5.41, 5.74) is 4.78. The van der Waals surface area contributed by atoms with Crippen molar-refractivity contribution in [1.82, 2.24) is 5.32 Å². The van der Waals surface area contributed by atoms with Crippen LogP contribution in [0, 0.1) is 6.92 Å². The lowest BCUT2D eigenvalue weighted by Gasteiger charge is -2.04. The molecule has 1 amide bonds. The second-order valence-electron chi connectivity index (χ2n) is 6.13. The molecule has 0 aromatic heterocycles. The molecule has 1 N–H and O–H groups in total. The number of aryl methyl sites for hydroxylation is 1. The van der Waals surface area contributed by atoms with Gasteiger partial charge in [0.15, 0.2) is 0 Å². The highest BCUT2D eigenvalue weighted by Crippen LogP contribution is 2.18. The van der Waals surface area contributed by atoms with Gasteiger partial charge in [0, 0.05) is 5.56 Å². The average molecular weight is 304 g/mol. The van der Waals surface area contributed by atoms with E-state index in [9.17, 15) is 4.79 Å². The monoisotopic (exact) mass is 304 g/mol. The quantitative estimate of drug-likeness (QED) is 0.854. The van der Waals surface area contributed by atoms with Gasteiger partial charge in [0.25, 0.3) is 5.91 Å².